The molecular weight excluding hydrogens is 468 g/mol. The number of nitrogens with two attached hydrogens (primary N) is 1. The number of aryl methyl sites for hydroxylation is 1. The molecule has 1 fully saturated rings. The number of ether oxygens (including phenoxy) is 1. The van der Waals surface area contributed by atoms with Gasteiger partial charge in [-0.25, -0.2) is 10.9 Å². The van der Waals surface area contributed by atoms with Crippen molar-refractivity contribution in [1.29, 1.82) is 0 Å². The van der Waals surface area contributed by atoms with Crippen molar-refractivity contribution in [3.05, 3.63) is 64.7 Å². The topological polar surface area (TPSA) is 142 Å². The summed E-state index contributed by atoms with van der Waals surface area (Å²) in [5.74, 6) is -0.0395. The van der Waals surface area contributed by atoms with E-state index in [2.05, 4.69) is 11.4 Å². The smallest absolute Gasteiger partial charge is 0.258 e. The molecule has 6 N–H and O–H groups in total. The van der Waals surface area contributed by atoms with E-state index in [4.69, 9.17) is 10.5 Å². The van der Waals surface area contributed by atoms with E-state index in [-0.39, 0.29) is 11.9 Å². The van der Waals surface area contributed by atoms with Crippen molar-refractivity contribution in [1.82, 2.24) is 5.32 Å². The Hall–Kier alpha value is -2.59. The lowest BCUT2D eigenvalue weighted by molar-refractivity contribution is -0.131. The second-order valence-corrected chi connectivity index (χ2v) is 12.2. The molecule has 2 aromatic rings. The van der Waals surface area contributed by atoms with Gasteiger partial charge in [0, 0.05) is 11.0 Å². The van der Waals surface area contributed by atoms with Crippen LogP contribution in [0.15, 0.2) is 42.5 Å². The van der Waals surface area contributed by atoms with Crippen molar-refractivity contribution in [2.24, 2.45) is 5.73 Å². The van der Waals surface area contributed by atoms with Crippen molar-refractivity contribution in [3.63, 3.8) is 0 Å². The Kier molecular flexibility index (Phi) is 8.48. The van der Waals surface area contributed by atoms with Crippen molar-refractivity contribution in [2.45, 2.75) is 56.3 Å². The van der Waals surface area contributed by atoms with Crippen molar-refractivity contribution < 1.29 is 29.6 Å². The number of carbonyl (C=O) groups excluding carboxylic acids is 2. The first-order valence-corrected chi connectivity index (χ1v) is 13.6. The predicted octanol–water partition coefficient (Wildman–Crippen LogP) is 1.11. The molecule has 1 aliphatic heterocycles. The molecule has 1 aliphatic rings. The normalized spacial score (nSPS) is 25.6. The molecule has 35 heavy (non-hydrogen) atoms. The van der Waals surface area contributed by atoms with E-state index in [0.717, 1.165) is 22.3 Å². The third-order valence-electron chi connectivity index (χ3n) is 6.49. The molecule has 1 heterocycles. The van der Waals surface area contributed by atoms with Gasteiger partial charge in [-0.15, -0.1) is 0 Å². The Morgan fingerprint density at radius 3 is 2.40 bits per heavy atom. The Labute approximate surface area is 208 Å². The molecule has 0 saturated carbocycles. The van der Waals surface area contributed by atoms with Gasteiger partial charge in [0.2, 0.25) is 5.91 Å². The highest BCUT2D eigenvalue weighted by Gasteiger charge is 2.40. The number of aliphatic hydroxyl groups is 3. The molecule has 192 valence electrons. The van der Waals surface area contributed by atoms with Gasteiger partial charge in [-0.3, -0.25) is 9.59 Å². The quantitative estimate of drug-likeness (QED) is 0.298. The minimum atomic E-state index is -1.15. The number of benzene rings is 2. The number of carbonyl (C=O) groups is 2. The largest absolute Gasteiger partial charge is 0.484 e. The lowest BCUT2D eigenvalue weighted by Gasteiger charge is -2.42. The van der Waals surface area contributed by atoms with Crippen LogP contribution in [-0.4, -0.2) is 69.6 Å². The number of thiol groups is 1. The number of nitrogens with one attached hydrogen (secondary N) is 1. The van der Waals surface area contributed by atoms with E-state index in [1.54, 1.807) is 12.1 Å². The Morgan fingerprint density at radius 1 is 1.11 bits per heavy atom. The van der Waals surface area contributed by atoms with Gasteiger partial charge in [-0.2, -0.15) is 0 Å². The summed E-state index contributed by atoms with van der Waals surface area (Å²) in [6, 6.07) is 13.5. The van der Waals surface area contributed by atoms with Crippen LogP contribution in [0.25, 0.3) is 0 Å². The van der Waals surface area contributed by atoms with Crippen LogP contribution in [0, 0.1) is 6.92 Å². The first kappa shape index (κ1) is 27.0. The van der Waals surface area contributed by atoms with Gasteiger partial charge in [0.05, 0.1) is 12.2 Å². The lowest BCUT2D eigenvalue weighted by Crippen LogP contribution is -2.54. The highest BCUT2D eigenvalue weighted by atomic mass is 32.2. The van der Waals surface area contributed by atoms with Crippen LogP contribution in [-0.2, 0) is 16.0 Å². The van der Waals surface area contributed by atoms with Gasteiger partial charge in [-0.05, 0) is 67.8 Å². The molecule has 2 aromatic carbocycles. The molecule has 1 saturated heterocycles. The molecule has 0 spiro atoms. The maximum atomic E-state index is 12.0. The molecule has 8 nitrogen and oxygen atoms in total. The minimum absolute atomic E-state index is 0.191. The van der Waals surface area contributed by atoms with Gasteiger partial charge < -0.3 is 31.1 Å². The molecule has 0 aliphatic carbocycles. The molecule has 0 radical (unpaired) electrons. The maximum absolute atomic E-state index is 12.0. The lowest BCUT2D eigenvalue weighted by atomic mass is 9.94. The zero-order valence-electron chi connectivity index (χ0n) is 20.6. The van der Waals surface area contributed by atoms with Crippen LogP contribution in [0.2, 0.25) is 0 Å². The second-order valence-electron chi connectivity index (χ2n) is 9.77. The zero-order valence-corrected chi connectivity index (χ0v) is 21.5. The molecule has 0 aromatic heterocycles. The SMILES string of the molecule is Cc1ccc([C@H]2[C@H](O)[C@H](O)[C@H](O)C[SH]2C)cc1Cc1ccc(OCC(=O)NC(C)(C)C(N)=O)cc1. The highest BCUT2D eigenvalue weighted by molar-refractivity contribution is 8.16. The number of hydrogen-bond donors (Lipinski definition) is 6. The fraction of sp³-hybridized carbons (Fsp3) is 0.462. The van der Waals surface area contributed by atoms with E-state index < -0.39 is 46.6 Å². The number of rotatable bonds is 8. The van der Waals surface area contributed by atoms with Crippen molar-refractivity contribution in [3.8, 4) is 5.75 Å². The third-order valence-corrected chi connectivity index (χ3v) is 8.99. The average Bonchev–Trinajstić information content (AvgIpc) is 2.79. The summed E-state index contributed by atoms with van der Waals surface area (Å²) in [5.41, 5.74) is 8.37. The maximum Gasteiger partial charge on any atom is 0.258 e. The van der Waals surface area contributed by atoms with Crippen LogP contribution in [0.4, 0.5) is 0 Å². The Morgan fingerprint density at radius 2 is 1.77 bits per heavy atom. The standard InChI is InChI=1S/C26H36N2O6S/c1-15-5-8-17(24-23(32)22(31)20(29)14-35(24)4)12-18(15)11-16-6-9-19(10-7-16)34-13-21(30)28-26(2,3)25(27)33/h5-10,12,20,22-24,29,31-32,35H,11,13-14H2,1-4H3,(H2,27,33)(H,28,30)/t20-,22-,23-,24+/m1/s1. The van der Waals surface area contributed by atoms with Crippen LogP contribution < -0.4 is 15.8 Å². The Balaban J connectivity index is 1.66. The monoisotopic (exact) mass is 504 g/mol. The van der Waals surface area contributed by atoms with E-state index in [9.17, 15) is 24.9 Å². The minimum Gasteiger partial charge on any atom is -0.484 e. The summed E-state index contributed by atoms with van der Waals surface area (Å²) in [5, 5.41) is 33.2. The molecule has 9 heteroatoms. The van der Waals surface area contributed by atoms with Crippen LogP contribution in [0.1, 0.15) is 41.4 Å². The van der Waals surface area contributed by atoms with Gasteiger partial charge in [0.1, 0.15) is 17.4 Å². The van der Waals surface area contributed by atoms with Gasteiger partial charge in [0.15, 0.2) is 6.61 Å². The first-order valence-electron chi connectivity index (χ1n) is 11.6. The predicted molar refractivity (Wildman–Crippen MR) is 138 cm³/mol. The van der Waals surface area contributed by atoms with Crippen LogP contribution in [0.3, 0.4) is 0 Å². The molecule has 3 rings (SSSR count). The van der Waals surface area contributed by atoms with E-state index in [1.165, 1.54) is 13.8 Å². The van der Waals surface area contributed by atoms with Crippen LogP contribution in [0.5, 0.6) is 5.75 Å². The van der Waals surface area contributed by atoms with Gasteiger partial charge in [-0.1, -0.05) is 30.3 Å². The van der Waals surface area contributed by atoms with Gasteiger partial charge >= 0.3 is 0 Å². The molecule has 0 bridgehead atoms. The van der Waals surface area contributed by atoms with E-state index in [1.807, 2.05) is 37.4 Å². The number of amides is 2. The zero-order chi connectivity index (χ0) is 25.9. The number of hydrogen-bond acceptors (Lipinski definition) is 6. The third kappa shape index (κ3) is 6.55. The van der Waals surface area contributed by atoms with Crippen LogP contribution >= 0.6 is 10.9 Å². The summed E-state index contributed by atoms with van der Waals surface area (Å²) in [6.07, 6.45) is -0.300. The fourth-order valence-corrected chi connectivity index (χ4v) is 6.63. The summed E-state index contributed by atoms with van der Waals surface area (Å²) >= 11 is 0. The fourth-order valence-electron chi connectivity index (χ4n) is 4.23. The summed E-state index contributed by atoms with van der Waals surface area (Å²) < 4.78 is 5.53. The molecule has 2 amide bonds. The summed E-state index contributed by atoms with van der Waals surface area (Å²) in [4.78, 5) is 23.4. The van der Waals surface area contributed by atoms with Crippen molar-refractivity contribution in [2.75, 3.05) is 18.6 Å². The number of aliphatic hydroxyl groups excluding tert-OH is 3. The molecule has 1 unspecified atom stereocenters. The first-order chi connectivity index (χ1) is 16.4. The summed E-state index contributed by atoms with van der Waals surface area (Å²) in [7, 11) is -0.680. The number of primary amides is 1. The molecule has 5 atom stereocenters. The van der Waals surface area contributed by atoms with E-state index in [0.29, 0.717) is 17.9 Å². The average molecular weight is 505 g/mol. The summed E-state index contributed by atoms with van der Waals surface area (Å²) in [6.45, 7) is 4.86. The highest BCUT2D eigenvalue weighted by Crippen LogP contribution is 2.48. The van der Waals surface area contributed by atoms with Gasteiger partial charge in [0.25, 0.3) is 5.91 Å². The second kappa shape index (κ2) is 11.0. The van der Waals surface area contributed by atoms with Crippen molar-refractivity contribution >= 4 is 22.7 Å². The molecular formula is C26H36N2O6S. The Bertz CT molecular complexity index is 1060. The van der Waals surface area contributed by atoms with E-state index >= 15 is 0 Å².